The van der Waals surface area contributed by atoms with Gasteiger partial charge in [-0.3, -0.25) is 4.68 Å². The number of nitrogens with zero attached hydrogens (tertiary/aromatic N) is 3. The van der Waals surface area contributed by atoms with E-state index in [0.29, 0.717) is 16.7 Å². The van der Waals surface area contributed by atoms with Gasteiger partial charge in [-0.1, -0.05) is 6.07 Å². The summed E-state index contributed by atoms with van der Waals surface area (Å²) in [7, 11) is -0.698. The van der Waals surface area contributed by atoms with E-state index in [9.17, 15) is 4.57 Å². The van der Waals surface area contributed by atoms with E-state index in [0.717, 1.165) is 11.1 Å². The minimum absolute atomic E-state index is 0.347. The molecule has 2 aromatic rings. The Morgan fingerprint density at radius 3 is 2.68 bits per heavy atom. The Balaban J connectivity index is 2.65. The fraction of sp³-hybridized carbons (Fsp3) is 0.231. The van der Waals surface area contributed by atoms with Gasteiger partial charge in [-0.15, -0.1) is 0 Å². The van der Waals surface area contributed by atoms with Crippen molar-refractivity contribution in [3.8, 4) is 17.2 Å². The Labute approximate surface area is 112 Å². The van der Waals surface area contributed by atoms with Crippen molar-refractivity contribution in [2.45, 2.75) is 0 Å². The normalized spacial score (nSPS) is 11.3. The predicted octanol–water partition coefficient (Wildman–Crippen LogP) is 1.79. The highest BCUT2D eigenvalue weighted by molar-refractivity contribution is 7.70. The minimum atomic E-state index is -2.45. The summed E-state index contributed by atoms with van der Waals surface area (Å²) >= 11 is 0. The van der Waals surface area contributed by atoms with Crippen LogP contribution in [0.1, 0.15) is 5.69 Å². The summed E-state index contributed by atoms with van der Waals surface area (Å²) in [5.74, 6) is 0. The van der Waals surface area contributed by atoms with Gasteiger partial charge in [0, 0.05) is 29.8 Å². The quantitative estimate of drug-likeness (QED) is 0.668. The number of aromatic nitrogens is 2. The zero-order valence-electron chi connectivity index (χ0n) is 11.1. The molecule has 0 aliphatic carbocycles. The third-order valence-corrected chi connectivity index (χ3v) is 4.40. The van der Waals surface area contributed by atoms with Crippen molar-refractivity contribution in [2.24, 2.45) is 7.05 Å². The molecular weight excluding hydrogens is 259 g/mol. The molecule has 0 fully saturated rings. The van der Waals surface area contributed by atoms with Gasteiger partial charge >= 0.3 is 0 Å². The molecule has 0 saturated carbocycles. The first-order valence-corrected chi connectivity index (χ1v) is 8.32. The Morgan fingerprint density at radius 2 is 2.11 bits per heavy atom. The molecule has 0 spiro atoms. The Bertz CT molecular complexity index is 721. The van der Waals surface area contributed by atoms with Crippen LogP contribution in [0.2, 0.25) is 0 Å². The molecular formula is C13H15N4OP. The number of hydrogen-bond acceptors (Lipinski definition) is 4. The molecule has 1 heterocycles. The molecule has 0 unspecified atom stereocenters. The molecule has 19 heavy (non-hydrogen) atoms. The van der Waals surface area contributed by atoms with E-state index in [1.165, 1.54) is 0 Å². The number of hydrogen-bond donors (Lipinski definition) is 1. The van der Waals surface area contributed by atoms with Crippen molar-refractivity contribution in [2.75, 3.05) is 19.1 Å². The number of nitrogen functional groups attached to an aromatic ring is 1. The highest BCUT2D eigenvalue weighted by Crippen LogP contribution is 2.38. The van der Waals surface area contributed by atoms with Gasteiger partial charge < -0.3 is 10.3 Å². The molecule has 98 valence electrons. The molecule has 0 aliphatic rings. The summed E-state index contributed by atoms with van der Waals surface area (Å²) in [6, 6.07) is 7.37. The van der Waals surface area contributed by atoms with Gasteiger partial charge in [0.1, 0.15) is 13.2 Å². The monoisotopic (exact) mass is 274 g/mol. The van der Waals surface area contributed by atoms with E-state index in [1.807, 2.05) is 6.07 Å². The molecule has 0 atom stereocenters. The first-order valence-electron chi connectivity index (χ1n) is 5.72. The average Bonchev–Trinajstić information content (AvgIpc) is 2.69. The van der Waals surface area contributed by atoms with Gasteiger partial charge in [-0.25, -0.2) is 0 Å². The van der Waals surface area contributed by atoms with Crippen molar-refractivity contribution < 1.29 is 4.57 Å². The maximum atomic E-state index is 12.2. The summed E-state index contributed by atoms with van der Waals surface area (Å²) in [5.41, 5.74) is 8.26. The Morgan fingerprint density at radius 1 is 1.42 bits per heavy atom. The zero-order valence-corrected chi connectivity index (χ0v) is 12.0. The molecule has 0 aliphatic heterocycles. The largest absolute Gasteiger partial charge is 0.398 e. The third-order valence-electron chi connectivity index (χ3n) is 2.86. The van der Waals surface area contributed by atoms with Crippen molar-refractivity contribution in [1.29, 1.82) is 5.26 Å². The molecule has 0 saturated heterocycles. The summed E-state index contributed by atoms with van der Waals surface area (Å²) in [6.45, 7) is 3.36. The molecule has 2 rings (SSSR count). The Kier molecular flexibility index (Phi) is 3.21. The van der Waals surface area contributed by atoms with E-state index in [2.05, 4.69) is 11.2 Å². The first-order chi connectivity index (χ1) is 8.82. The average molecular weight is 274 g/mol. The molecule has 0 amide bonds. The summed E-state index contributed by atoms with van der Waals surface area (Å²) < 4.78 is 13.8. The number of nitrogens with two attached hydrogens (primary N) is 1. The SMILES string of the molecule is Cn1cc(-c2ccc(N)c(P(C)(C)=O)c2)c(C#N)n1. The second kappa shape index (κ2) is 4.56. The van der Waals surface area contributed by atoms with Crippen molar-refractivity contribution in [1.82, 2.24) is 9.78 Å². The number of aryl methyl sites for hydroxylation is 1. The van der Waals surface area contributed by atoms with Gasteiger partial charge in [0.05, 0.1) is 0 Å². The minimum Gasteiger partial charge on any atom is -0.398 e. The smallest absolute Gasteiger partial charge is 0.170 e. The van der Waals surface area contributed by atoms with Crippen molar-refractivity contribution in [3.63, 3.8) is 0 Å². The molecule has 1 aromatic heterocycles. The second-order valence-corrected chi connectivity index (χ2v) is 7.98. The van der Waals surface area contributed by atoms with Crippen molar-refractivity contribution >= 4 is 18.1 Å². The van der Waals surface area contributed by atoms with Crippen LogP contribution in [0.4, 0.5) is 5.69 Å². The van der Waals surface area contributed by atoms with Gasteiger partial charge in [0.25, 0.3) is 0 Å². The van der Waals surface area contributed by atoms with E-state index >= 15 is 0 Å². The Hall–Kier alpha value is -2.05. The van der Waals surface area contributed by atoms with Crippen LogP contribution in [0.25, 0.3) is 11.1 Å². The predicted molar refractivity (Wildman–Crippen MR) is 76.9 cm³/mol. The van der Waals surface area contributed by atoms with Gasteiger partial charge in [-0.05, 0) is 31.0 Å². The van der Waals surface area contributed by atoms with Crippen LogP contribution in [0.3, 0.4) is 0 Å². The highest BCUT2D eigenvalue weighted by atomic mass is 31.2. The van der Waals surface area contributed by atoms with Gasteiger partial charge in [0.15, 0.2) is 5.69 Å². The fourth-order valence-corrected chi connectivity index (χ4v) is 3.11. The van der Waals surface area contributed by atoms with Gasteiger partial charge in [-0.2, -0.15) is 10.4 Å². The number of nitriles is 1. The standard InChI is InChI=1S/C13H15N4OP/c1-17-8-10(12(7-14)16-17)9-4-5-11(15)13(6-9)19(2,3)18/h4-6,8H,15H2,1-3H3. The summed E-state index contributed by atoms with van der Waals surface area (Å²) in [4.78, 5) is 0. The summed E-state index contributed by atoms with van der Waals surface area (Å²) in [6.07, 6.45) is 1.77. The number of benzene rings is 1. The maximum Gasteiger partial charge on any atom is 0.170 e. The maximum absolute atomic E-state index is 12.2. The van der Waals surface area contributed by atoms with Crippen LogP contribution in [0, 0.1) is 11.3 Å². The molecule has 0 radical (unpaired) electrons. The fourth-order valence-electron chi connectivity index (χ4n) is 1.96. The zero-order chi connectivity index (χ0) is 14.2. The van der Waals surface area contributed by atoms with Crippen LogP contribution in [-0.2, 0) is 11.6 Å². The van der Waals surface area contributed by atoms with E-state index in [1.54, 1.807) is 43.4 Å². The van der Waals surface area contributed by atoms with Crippen molar-refractivity contribution in [3.05, 3.63) is 30.1 Å². The second-order valence-electron chi connectivity index (χ2n) is 4.80. The lowest BCUT2D eigenvalue weighted by molar-refractivity contribution is 0.588. The first kappa shape index (κ1) is 13.4. The van der Waals surface area contributed by atoms with Crippen LogP contribution in [0.15, 0.2) is 24.4 Å². The van der Waals surface area contributed by atoms with Crippen LogP contribution in [-0.4, -0.2) is 23.1 Å². The van der Waals surface area contributed by atoms with E-state index < -0.39 is 7.14 Å². The van der Waals surface area contributed by atoms with Crippen LogP contribution >= 0.6 is 7.14 Å². The van der Waals surface area contributed by atoms with E-state index in [4.69, 9.17) is 11.0 Å². The molecule has 6 heteroatoms. The molecule has 5 nitrogen and oxygen atoms in total. The third kappa shape index (κ3) is 2.54. The lowest BCUT2D eigenvalue weighted by atomic mass is 10.1. The highest BCUT2D eigenvalue weighted by Gasteiger charge is 2.17. The molecule has 1 aromatic carbocycles. The van der Waals surface area contributed by atoms with Crippen LogP contribution in [0.5, 0.6) is 0 Å². The van der Waals surface area contributed by atoms with Crippen LogP contribution < -0.4 is 11.0 Å². The lowest BCUT2D eigenvalue weighted by Gasteiger charge is -2.12. The topological polar surface area (TPSA) is 84.7 Å². The van der Waals surface area contributed by atoms with E-state index in [-0.39, 0.29) is 0 Å². The lowest BCUT2D eigenvalue weighted by Crippen LogP contribution is -2.09. The molecule has 0 bridgehead atoms. The van der Waals surface area contributed by atoms with Gasteiger partial charge in [0.2, 0.25) is 0 Å². The summed E-state index contributed by atoms with van der Waals surface area (Å²) in [5, 5.41) is 13.8. The molecule has 2 N–H and O–H groups in total. The number of anilines is 1. The number of rotatable bonds is 2.